The number of carbonyl (C=O) groups is 2. The summed E-state index contributed by atoms with van der Waals surface area (Å²) in [5.74, 6) is 0.702. The molecule has 0 heterocycles. The van der Waals surface area contributed by atoms with Crippen LogP contribution in [0.4, 0.5) is 0 Å². The van der Waals surface area contributed by atoms with Crippen molar-refractivity contribution in [1.29, 1.82) is 0 Å². The first-order valence-electron chi connectivity index (χ1n) is 7.05. The van der Waals surface area contributed by atoms with E-state index in [9.17, 15) is 9.59 Å². The first-order chi connectivity index (χ1) is 10.2. The standard InChI is InChI=1S/C18H18O2S/c1-2-6-17(19)15-9-11-16(12-10-15)21-13-18(20)14-7-4-3-5-8-14/h3-5,7-12H,2,6,13H2,1H3. The topological polar surface area (TPSA) is 34.1 Å². The smallest absolute Gasteiger partial charge is 0.173 e. The Labute approximate surface area is 129 Å². The van der Waals surface area contributed by atoms with E-state index in [1.165, 1.54) is 11.8 Å². The Kier molecular flexibility index (Phi) is 5.76. The van der Waals surface area contributed by atoms with Crippen molar-refractivity contribution in [3.05, 3.63) is 65.7 Å². The van der Waals surface area contributed by atoms with Gasteiger partial charge < -0.3 is 0 Å². The van der Waals surface area contributed by atoms with E-state index in [1.54, 1.807) is 0 Å². The molecule has 0 atom stereocenters. The van der Waals surface area contributed by atoms with Crippen molar-refractivity contribution in [3.8, 4) is 0 Å². The van der Waals surface area contributed by atoms with Crippen LogP contribution in [0, 0.1) is 0 Å². The maximum atomic E-state index is 12.0. The monoisotopic (exact) mass is 298 g/mol. The minimum absolute atomic E-state index is 0.117. The lowest BCUT2D eigenvalue weighted by Gasteiger charge is -2.03. The summed E-state index contributed by atoms with van der Waals surface area (Å²) < 4.78 is 0. The van der Waals surface area contributed by atoms with Gasteiger partial charge in [-0.1, -0.05) is 49.4 Å². The lowest BCUT2D eigenvalue weighted by Crippen LogP contribution is -2.02. The molecule has 2 aromatic carbocycles. The second kappa shape index (κ2) is 7.79. The van der Waals surface area contributed by atoms with Gasteiger partial charge >= 0.3 is 0 Å². The number of carbonyl (C=O) groups excluding carboxylic acids is 2. The van der Waals surface area contributed by atoms with Gasteiger partial charge in [0.1, 0.15) is 0 Å². The molecule has 0 fully saturated rings. The quantitative estimate of drug-likeness (QED) is 0.551. The van der Waals surface area contributed by atoms with Crippen LogP contribution in [0.1, 0.15) is 40.5 Å². The number of hydrogen-bond acceptors (Lipinski definition) is 3. The summed E-state index contributed by atoms with van der Waals surface area (Å²) in [4.78, 5) is 24.8. The molecule has 0 spiro atoms. The van der Waals surface area contributed by atoms with Crippen LogP contribution < -0.4 is 0 Å². The second-order valence-electron chi connectivity index (χ2n) is 4.78. The lowest BCUT2D eigenvalue weighted by molar-refractivity contribution is 0.0980. The van der Waals surface area contributed by atoms with Crippen molar-refractivity contribution in [2.45, 2.75) is 24.7 Å². The molecule has 0 amide bonds. The van der Waals surface area contributed by atoms with Gasteiger partial charge in [0.2, 0.25) is 0 Å². The maximum absolute atomic E-state index is 12.0. The van der Waals surface area contributed by atoms with Gasteiger partial charge in [0.25, 0.3) is 0 Å². The normalized spacial score (nSPS) is 10.3. The number of ketones is 2. The zero-order valence-electron chi connectivity index (χ0n) is 12.0. The van der Waals surface area contributed by atoms with Gasteiger partial charge in [0.15, 0.2) is 11.6 Å². The molecular formula is C18H18O2S. The van der Waals surface area contributed by atoms with Crippen LogP contribution in [0.5, 0.6) is 0 Å². The van der Waals surface area contributed by atoms with Gasteiger partial charge in [-0.2, -0.15) is 0 Å². The predicted molar refractivity (Wildman–Crippen MR) is 87.2 cm³/mol. The first-order valence-corrected chi connectivity index (χ1v) is 8.03. The third-order valence-corrected chi connectivity index (χ3v) is 4.13. The Morgan fingerprint density at radius 3 is 2.10 bits per heavy atom. The number of benzene rings is 2. The van der Waals surface area contributed by atoms with Crippen LogP contribution in [-0.4, -0.2) is 17.3 Å². The molecule has 3 heteroatoms. The van der Waals surface area contributed by atoms with Crippen LogP contribution in [0.3, 0.4) is 0 Å². The molecule has 0 aliphatic rings. The third kappa shape index (κ3) is 4.57. The Balaban J connectivity index is 1.92. The zero-order valence-corrected chi connectivity index (χ0v) is 12.9. The fraction of sp³-hybridized carbons (Fsp3) is 0.222. The number of hydrogen-bond donors (Lipinski definition) is 0. The van der Waals surface area contributed by atoms with Gasteiger partial charge in [-0.15, -0.1) is 11.8 Å². The van der Waals surface area contributed by atoms with Gasteiger partial charge in [0.05, 0.1) is 5.75 Å². The Morgan fingerprint density at radius 1 is 0.857 bits per heavy atom. The Morgan fingerprint density at radius 2 is 1.48 bits per heavy atom. The molecule has 108 valence electrons. The summed E-state index contributed by atoms with van der Waals surface area (Å²) >= 11 is 1.50. The largest absolute Gasteiger partial charge is 0.294 e. The molecule has 2 aromatic rings. The summed E-state index contributed by atoms with van der Waals surface area (Å²) in [7, 11) is 0. The van der Waals surface area contributed by atoms with E-state index in [1.807, 2.05) is 61.5 Å². The predicted octanol–water partition coefficient (Wildman–Crippen LogP) is 4.64. The minimum Gasteiger partial charge on any atom is -0.294 e. The molecule has 0 radical (unpaired) electrons. The summed E-state index contributed by atoms with van der Waals surface area (Å²) in [5.41, 5.74) is 1.48. The molecule has 0 aliphatic heterocycles. The molecule has 0 aromatic heterocycles. The average molecular weight is 298 g/mol. The molecule has 0 aliphatic carbocycles. The maximum Gasteiger partial charge on any atom is 0.173 e. The fourth-order valence-corrected chi connectivity index (χ4v) is 2.76. The molecule has 0 bridgehead atoms. The van der Waals surface area contributed by atoms with Crippen molar-refractivity contribution >= 4 is 23.3 Å². The van der Waals surface area contributed by atoms with Crippen LogP contribution in [0.15, 0.2) is 59.5 Å². The lowest BCUT2D eigenvalue weighted by atomic mass is 10.1. The van der Waals surface area contributed by atoms with Gasteiger partial charge in [-0.25, -0.2) is 0 Å². The molecule has 0 saturated carbocycles. The Bertz CT molecular complexity index is 603. The fourth-order valence-electron chi connectivity index (χ4n) is 1.96. The van der Waals surface area contributed by atoms with Gasteiger partial charge in [-0.3, -0.25) is 9.59 Å². The van der Waals surface area contributed by atoms with Crippen molar-refractivity contribution in [2.75, 3.05) is 5.75 Å². The van der Waals surface area contributed by atoms with E-state index >= 15 is 0 Å². The van der Waals surface area contributed by atoms with Crippen LogP contribution in [-0.2, 0) is 0 Å². The van der Waals surface area contributed by atoms with Gasteiger partial charge in [-0.05, 0) is 18.6 Å². The molecule has 21 heavy (non-hydrogen) atoms. The highest BCUT2D eigenvalue weighted by Crippen LogP contribution is 2.20. The molecule has 0 saturated heterocycles. The molecule has 2 rings (SSSR count). The summed E-state index contributed by atoms with van der Waals surface area (Å²) in [6.45, 7) is 2.00. The van der Waals surface area contributed by atoms with E-state index < -0.39 is 0 Å². The highest BCUT2D eigenvalue weighted by Gasteiger charge is 2.07. The minimum atomic E-state index is 0.117. The van der Waals surface area contributed by atoms with Gasteiger partial charge in [0, 0.05) is 22.4 Å². The summed E-state index contributed by atoms with van der Waals surface area (Å²) in [5, 5.41) is 0. The van der Waals surface area contributed by atoms with Crippen LogP contribution in [0.25, 0.3) is 0 Å². The van der Waals surface area contributed by atoms with E-state index in [0.29, 0.717) is 12.2 Å². The van der Waals surface area contributed by atoms with E-state index in [0.717, 1.165) is 22.4 Å². The molecule has 2 nitrogen and oxygen atoms in total. The van der Waals surface area contributed by atoms with Crippen molar-refractivity contribution < 1.29 is 9.59 Å². The van der Waals surface area contributed by atoms with Crippen LogP contribution >= 0.6 is 11.8 Å². The molecule has 0 N–H and O–H groups in total. The molecular weight excluding hydrogens is 280 g/mol. The highest BCUT2D eigenvalue weighted by molar-refractivity contribution is 8.00. The number of rotatable bonds is 7. The second-order valence-corrected chi connectivity index (χ2v) is 5.82. The van der Waals surface area contributed by atoms with E-state index in [-0.39, 0.29) is 11.6 Å². The molecule has 0 unspecified atom stereocenters. The average Bonchev–Trinajstić information content (AvgIpc) is 2.54. The number of Topliss-reactive ketones (excluding diaryl/α,β-unsaturated/α-hetero) is 2. The zero-order chi connectivity index (χ0) is 15.1. The highest BCUT2D eigenvalue weighted by atomic mass is 32.2. The van der Waals surface area contributed by atoms with Crippen molar-refractivity contribution in [3.63, 3.8) is 0 Å². The van der Waals surface area contributed by atoms with E-state index in [4.69, 9.17) is 0 Å². The van der Waals surface area contributed by atoms with Crippen molar-refractivity contribution in [1.82, 2.24) is 0 Å². The first kappa shape index (κ1) is 15.5. The van der Waals surface area contributed by atoms with Crippen molar-refractivity contribution in [2.24, 2.45) is 0 Å². The Hall–Kier alpha value is -1.87. The summed E-state index contributed by atoms with van der Waals surface area (Å²) in [6, 6.07) is 16.8. The van der Waals surface area contributed by atoms with Crippen LogP contribution in [0.2, 0.25) is 0 Å². The number of thioether (sulfide) groups is 1. The summed E-state index contributed by atoms with van der Waals surface area (Å²) in [6.07, 6.45) is 1.44. The SMILES string of the molecule is CCCC(=O)c1ccc(SCC(=O)c2ccccc2)cc1. The third-order valence-electron chi connectivity index (χ3n) is 3.12. The van der Waals surface area contributed by atoms with E-state index in [2.05, 4.69) is 0 Å².